The zero-order chi connectivity index (χ0) is 17.6. The lowest BCUT2D eigenvalue weighted by Gasteiger charge is -2.08. The van der Waals surface area contributed by atoms with E-state index >= 15 is 0 Å². The summed E-state index contributed by atoms with van der Waals surface area (Å²) in [5.41, 5.74) is 3.53. The Morgan fingerprint density at radius 3 is 2.52 bits per heavy atom. The van der Waals surface area contributed by atoms with Crippen LogP contribution in [0.15, 0.2) is 59.8 Å². The average Bonchev–Trinajstić information content (AvgIpc) is 3.18. The molecule has 0 bridgehead atoms. The Balaban J connectivity index is 1.78. The second-order valence-corrected chi connectivity index (χ2v) is 9.13. The average molecular weight is 779 g/mol. The molecular weight excluding hydrogens is 770 g/mol. The number of nitrogens with zero attached hydrogens (tertiary/aromatic N) is 5. The van der Waals surface area contributed by atoms with Crippen LogP contribution in [0.3, 0.4) is 0 Å². The molecule has 2 aromatic carbocycles. The Bertz CT molecular complexity index is 1110. The van der Waals surface area contributed by atoms with E-state index in [9.17, 15) is 0 Å². The molecule has 4 rings (SSSR count). The van der Waals surface area contributed by atoms with E-state index < -0.39 is 0 Å². The van der Waals surface area contributed by atoms with Gasteiger partial charge in [0.05, 0.1) is 79.6 Å². The number of fused-ring (bicyclic) bond motifs is 3. The maximum absolute atomic E-state index is 4.66. The van der Waals surface area contributed by atoms with Gasteiger partial charge >= 0.3 is 0 Å². The van der Waals surface area contributed by atoms with Gasteiger partial charge in [0.2, 0.25) is 0 Å². The van der Waals surface area contributed by atoms with Crippen LogP contribution in [0, 0.1) is 0 Å². The summed E-state index contributed by atoms with van der Waals surface area (Å²) in [5.74, 6) is 0.800. The molecule has 0 amide bonds. The van der Waals surface area contributed by atoms with Crippen molar-refractivity contribution in [3.8, 4) is 0 Å². The lowest BCUT2D eigenvalue weighted by atomic mass is 10.1. The summed E-state index contributed by atoms with van der Waals surface area (Å²) in [6, 6.07) is 16.9. The van der Waals surface area contributed by atoms with Crippen LogP contribution in [0.25, 0.3) is 21.8 Å². The van der Waals surface area contributed by atoms with E-state index in [2.05, 4.69) is 147 Å². The molecule has 25 heavy (non-hydrogen) atoms. The third-order valence-corrected chi connectivity index (χ3v) is 6.89. The van der Waals surface area contributed by atoms with Gasteiger partial charge in [-0.1, -0.05) is 24.3 Å². The molecule has 4 aromatic rings. The summed E-state index contributed by atoms with van der Waals surface area (Å²) in [4.78, 5) is 0. The molecule has 0 fully saturated rings. The smallest absolute Gasteiger partial charge is 0.181 e. The van der Waals surface area contributed by atoms with E-state index in [0.29, 0.717) is 0 Å². The van der Waals surface area contributed by atoms with Crippen molar-refractivity contribution in [2.24, 2.45) is 5.10 Å². The van der Waals surface area contributed by atoms with Gasteiger partial charge in [-0.3, -0.25) is 2.78 Å². The first kappa shape index (κ1) is 18.2. The van der Waals surface area contributed by atoms with Crippen LogP contribution < -0.4 is 3.22 Å². The molecule has 0 saturated carbocycles. The second kappa shape index (κ2) is 7.46. The molecule has 0 saturated heterocycles. The first-order chi connectivity index (χ1) is 12.0. The van der Waals surface area contributed by atoms with Crippen molar-refractivity contribution in [1.29, 1.82) is 0 Å². The summed E-state index contributed by atoms with van der Waals surface area (Å²) < 4.78 is 6.62. The van der Waals surface area contributed by atoms with Crippen molar-refractivity contribution in [3.63, 3.8) is 0 Å². The molecule has 0 spiro atoms. The molecule has 126 valence electrons. The number of hydrogen-bond donors (Lipinski definition) is 0. The number of rotatable bonds is 3. The summed E-state index contributed by atoms with van der Waals surface area (Å²) in [5, 5.41) is 11.5. The van der Waals surface area contributed by atoms with Gasteiger partial charge in [0.1, 0.15) is 3.72 Å². The fourth-order valence-electron chi connectivity index (χ4n) is 2.63. The Hall–Kier alpha value is -0.160. The minimum Gasteiger partial charge on any atom is -0.282 e. The summed E-state index contributed by atoms with van der Waals surface area (Å²) in [6.07, 6.45) is 1.89. The van der Waals surface area contributed by atoms with Gasteiger partial charge in [-0.05, 0) is 40.8 Å². The maximum Gasteiger partial charge on any atom is 0.181 e. The van der Waals surface area contributed by atoms with Gasteiger partial charge in [-0.2, -0.15) is 8.32 Å². The summed E-state index contributed by atoms with van der Waals surface area (Å²) in [6.45, 7) is 0. The van der Waals surface area contributed by atoms with Crippen molar-refractivity contribution in [2.75, 3.05) is 3.22 Å². The van der Waals surface area contributed by atoms with Gasteiger partial charge in [0.25, 0.3) is 0 Å². The Morgan fingerprint density at radius 2 is 1.76 bits per heavy atom. The van der Waals surface area contributed by atoms with E-state index in [4.69, 9.17) is 0 Å². The molecule has 0 aliphatic carbocycles. The van der Waals surface area contributed by atoms with Gasteiger partial charge in [0.15, 0.2) is 5.82 Å². The van der Waals surface area contributed by atoms with Crippen LogP contribution >= 0.6 is 91.2 Å². The Labute approximate surface area is 199 Å². The largest absolute Gasteiger partial charge is 0.282 e. The molecule has 9 heteroatoms. The van der Waals surface area contributed by atoms with Crippen LogP contribution in [0.2, 0.25) is 0 Å². The number of benzene rings is 2. The van der Waals surface area contributed by atoms with Crippen molar-refractivity contribution in [2.45, 2.75) is 0 Å². The topological polar surface area (TPSA) is 38.4 Å². The monoisotopic (exact) mass is 779 g/mol. The lowest BCUT2D eigenvalue weighted by molar-refractivity contribution is 1.03. The first-order valence-electron chi connectivity index (χ1n) is 7.16. The minimum atomic E-state index is 0.800. The quantitative estimate of drug-likeness (QED) is 0.106. The molecule has 0 N–H and O–H groups in total. The first-order valence-corrected chi connectivity index (χ1v) is 11.1. The van der Waals surface area contributed by atoms with Gasteiger partial charge < -0.3 is 0 Å². The Kier molecular flexibility index (Phi) is 5.43. The normalized spacial score (nSPS) is 12.2. The van der Waals surface area contributed by atoms with Crippen LogP contribution in [0.5, 0.6) is 0 Å². The predicted octanol–water partition coefficient (Wildman–Crippen LogP) is 6.34. The molecule has 0 radical (unpaired) electrons. The number of anilines is 1. The third-order valence-electron chi connectivity index (χ3n) is 3.76. The molecule has 5 nitrogen and oxygen atoms in total. The van der Waals surface area contributed by atoms with Crippen molar-refractivity contribution >= 4 is 123 Å². The molecule has 0 atom stereocenters. The highest BCUT2D eigenvalue weighted by Gasteiger charge is 2.12. The van der Waals surface area contributed by atoms with Gasteiger partial charge in [-0.15, -0.1) is 5.10 Å². The highest BCUT2D eigenvalue weighted by atomic mass is 127. The molecular formula is C16H9I4N5. The standard InChI is InChI=1S/C16H9I4N5/c17-16(22-25(20)15-7-8-23(18)21-15)10-5-6-14-12(9-10)11-3-1-2-4-13(11)24(14)19/h1-9H/b22-16+. The third kappa shape index (κ3) is 3.52. The predicted molar refractivity (Wildman–Crippen MR) is 138 cm³/mol. The molecule has 0 aliphatic heterocycles. The maximum atomic E-state index is 4.66. The van der Waals surface area contributed by atoms with Crippen LogP contribution in [0.4, 0.5) is 5.82 Å². The SMILES string of the molecule is I/C(=N/N(I)c1ccn(I)n1)c1ccc2c(c1)c1ccccc1n2I. The highest BCUT2D eigenvalue weighted by Crippen LogP contribution is 2.32. The van der Waals surface area contributed by atoms with Crippen LogP contribution in [-0.2, 0) is 0 Å². The van der Waals surface area contributed by atoms with E-state index in [-0.39, 0.29) is 0 Å². The van der Waals surface area contributed by atoms with E-state index in [1.54, 1.807) is 6.12 Å². The van der Waals surface area contributed by atoms with E-state index in [1.807, 2.05) is 12.3 Å². The van der Waals surface area contributed by atoms with Gasteiger partial charge in [-0.25, -0.2) is 2.90 Å². The Morgan fingerprint density at radius 1 is 1.00 bits per heavy atom. The fraction of sp³-hybridized carbons (Fsp3) is 0. The number of para-hydroxylation sites is 1. The molecule has 0 aliphatic rings. The molecule has 2 heterocycles. The van der Waals surface area contributed by atoms with Gasteiger partial charge in [0, 0.05) is 28.6 Å². The second-order valence-electron chi connectivity index (χ2n) is 5.24. The van der Waals surface area contributed by atoms with E-state index in [1.165, 1.54) is 21.8 Å². The fourth-order valence-corrected chi connectivity index (χ4v) is 5.29. The van der Waals surface area contributed by atoms with Crippen molar-refractivity contribution in [1.82, 2.24) is 10.8 Å². The molecule has 2 aromatic heterocycles. The van der Waals surface area contributed by atoms with E-state index in [0.717, 1.165) is 15.1 Å². The summed E-state index contributed by atoms with van der Waals surface area (Å²) in [7, 11) is 0. The van der Waals surface area contributed by atoms with Crippen LogP contribution in [-0.4, -0.2) is 14.5 Å². The van der Waals surface area contributed by atoms with Crippen molar-refractivity contribution in [3.05, 3.63) is 60.3 Å². The number of hydrazone groups is 1. The number of halogens is 4. The minimum absolute atomic E-state index is 0.800. The number of aromatic nitrogens is 3. The molecule has 0 unspecified atom stereocenters. The number of hydrogen-bond acceptors (Lipinski definition) is 3. The highest BCUT2D eigenvalue weighted by molar-refractivity contribution is 14.1. The zero-order valence-corrected chi connectivity index (χ0v) is 21.1. The van der Waals surface area contributed by atoms with Crippen molar-refractivity contribution < 1.29 is 0 Å². The lowest BCUT2D eigenvalue weighted by Crippen LogP contribution is -2.04. The summed E-state index contributed by atoms with van der Waals surface area (Å²) >= 11 is 8.91. The zero-order valence-electron chi connectivity index (χ0n) is 12.4. The van der Waals surface area contributed by atoms with Crippen LogP contribution in [0.1, 0.15) is 5.56 Å².